The fourth-order valence-electron chi connectivity index (χ4n) is 3.29. The van der Waals surface area contributed by atoms with E-state index < -0.39 is 16.1 Å². The first-order valence-corrected chi connectivity index (χ1v) is 10.8. The molecular formula is C22H22N2O4S. The summed E-state index contributed by atoms with van der Waals surface area (Å²) in [5.41, 5.74) is 1.76. The monoisotopic (exact) mass is 410 g/mol. The fraction of sp³-hybridized carbons (Fsp3) is 0.273. The Morgan fingerprint density at radius 1 is 1.03 bits per heavy atom. The van der Waals surface area contributed by atoms with E-state index in [1.807, 2.05) is 6.92 Å². The van der Waals surface area contributed by atoms with Crippen molar-refractivity contribution in [2.24, 2.45) is 0 Å². The number of hydrogen-bond donors (Lipinski definition) is 1. The molecular weight excluding hydrogens is 388 g/mol. The molecule has 0 radical (unpaired) electrons. The Bertz CT molecular complexity index is 1030. The highest BCUT2D eigenvalue weighted by molar-refractivity contribution is 7.89. The number of carbonyl (C=O) groups is 2. The Hall–Kier alpha value is -2.95. The van der Waals surface area contributed by atoms with Crippen LogP contribution in [0, 0.1) is 19.3 Å². The van der Waals surface area contributed by atoms with Gasteiger partial charge in [0.1, 0.15) is 0 Å². The highest BCUT2D eigenvalue weighted by Gasteiger charge is 2.34. The molecule has 1 aliphatic rings. The van der Waals surface area contributed by atoms with Gasteiger partial charge in [-0.1, -0.05) is 29.8 Å². The first-order chi connectivity index (χ1) is 13.8. The molecule has 1 atom stereocenters. The second-order valence-electron chi connectivity index (χ2n) is 6.99. The van der Waals surface area contributed by atoms with E-state index in [2.05, 4.69) is 10.6 Å². The Balaban J connectivity index is 1.62. The average Bonchev–Trinajstić information content (AvgIpc) is 2.93. The van der Waals surface area contributed by atoms with Gasteiger partial charge in [-0.15, -0.1) is 12.3 Å². The van der Waals surface area contributed by atoms with Crippen molar-refractivity contribution in [1.82, 2.24) is 9.62 Å². The minimum atomic E-state index is -3.71. The number of amides is 2. The lowest BCUT2D eigenvalue weighted by Crippen LogP contribution is -2.36. The molecule has 0 saturated carbocycles. The summed E-state index contributed by atoms with van der Waals surface area (Å²) in [6.07, 6.45) is 6.46. The number of nitrogens with one attached hydrogen (secondary N) is 1. The topological polar surface area (TPSA) is 83.6 Å². The predicted molar refractivity (Wildman–Crippen MR) is 110 cm³/mol. The molecule has 6 nitrogen and oxygen atoms in total. The molecule has 0 saturated heterocycles. The molecule has 1 aliphatic heterocycles. The Kier molecular flexibility index (Phi) is 6.16. The summed E-state index contributed by atoms with van der Waals surface area (Å²) in [6, 6.07) is 12.8. The molecule has 0 aliphatic carbocycles. The number of rotatable bonds is 8. The number of hydrogen-bond acceptors (Lipinski definition) is 4. The van der Waals surface area contributed by atoms with Gasteiger partial charge < -0.3 is 0 Å². The molecule has 2 amide bonds. The van der Waals surface area contributed by atoms with Crippen molar-refractivity contribution in [3.63, 3.8) is 0 Å². The van der Waals surface area contributed by atoms with E-state index in [0.717, 1.165) is 5.56 Å². The maximum atomic E-state index is 12.6. The molecule has 2 aromatic rings. The SMILES string of the molecule is C#CC[C@@H](CCCN1C(=O)c2ccccc2C1=O)NS(=O)(=O)c1ccc(C)cc1. The van der Waals surface area contributed by atoms with Crippen LogP contribution < -0.4 is 4.72 Å². The molecule has 150 valence electrons. The van der Waals surface area contributed by atoms with Crippen LogP contribution in [-0.4, -0.2) is 37.7 Å². The van der Waals surface area contributed by atoms with Gasteiger partial charge in [0, 0.05) is 19.0 Å². The quantitative estimate of drug-likeness (QED) is 0.536. The summed E-state index contributed by atoms with van der Waals surface area (Å²) in [6.45, 7) is 2.09. The molecule has 29 heavy (non-hydrogen) atoms. The fourth-order valence-corrected chi connectivity index (χ4v) is 4.56. The van der Waals surface area contributed by atoms with Crippen molar-refractivity contribution < 1.29 is 18.0 Å². The standard InChI is InChI=1S/C22H22N2O4S/c1-3-7-17(23-29(27,28)18-13-11-16(2)12-14-18)8-6-15-24-21(25)19-9-4-5-10-20(19)22(24)26/h1,4-5,9-14,17,23H,6-8,15H2,2H3/t17-/m0/s1. The molecule has 0 aromatic heterocycles. The van der Waals surface area contributed by atoms with Gasteiger partial charge in [0.15, 0.2) is 0 Å². The third-order valence-corrected chi connectivity index (χ3v) is 6.37. The van der Waals surface area contributed by atoms with E-state index in [-0.39, 0.29) is 29.7 Å². The largest absolute Gasteiger partial charge is 0.274 e. The maximum absolute atomic E-state index is 12.6. The number of benzene rings is 2. The molecule has 7 heteroatoms. The highest BCUT2D eigenvalue weighted by Crippen LogP contribution is 2.23. The van der Waals surface area contributed by atoms with E-state index in [1.165, 1.54) is 4.90 Å². The van der Waals surface area contributed by atoms with E-state index in [1.54, 1.807) is 48.5 Å². The van der Waals surface area contributed by atoms with Crippen LogP contribution in [0.4, 0.5) is 0 Å². The second-order valence-corrected chi connectivity index (χ2v) is 8.70. The van der Waals surface area contributed by atoms with Crippen LogP contribution in [0.15, 0.2) is 53.4 Å². The van der Waals surface area contributed by atoms with Crippen LogP contribution in [0.3, 0.4) is 0 Å². The zero-order valence-corrected chi connectivity index (χ0v) is 16.9. The van der Waals surface area contributed by atoms with Gasteiger partial charge in [0.25, 0.3) is 11.8 Å². The summed E-state index contributed by atoms with van der Waals surface area (Å²) >= 11 is 0. The van der Waals surface area contributed by atoms with E-state index in [4.69, 9.17) is 6.42 Å². The minimum Gasteiger partial charge on any atom is -0.274 e. The van der Waals surface area contributed by atoms with Crippen molar-refractivity contribution in [1.29, 1.82) is 0 Å². The van der Waals surface area contributed by atoms with Gasteiger partial charge in [0.2, 0.25) is 10.0 Å². The van der Waals surface area contributed by atoms with E-state index in [0.29, 0.717) is 24.0 Å². The Labute approximate surface area is 171 Å². The number of fused-ring (bicyclic) bond motifs is 1. The molecule has 1 heterocycles. The van der Waals surface area contributed by atoms with Crippen LogP contribution in [0.1, 0.15) is 45.5 Å². The lowest BCUT2D eigenvalue weighted by molar-refractivity contribution is 0.0650. The Morgan fingerprint density at radius 3 is 2.17 bits per heavy atom. The van der Waals surface area contributed by atoms with Gasteiger partial charge >= 0.3 is 0 Å². The van der Waals surface area contributed by atoms with E-state index >= 15 is 0 Å². The number of aryl methyl sites for hydroxylation is 1. The van der Waals surface area contributed by atoms with Crippen molar-refractivity contribution in [3.05, 3.63) is 65.2 Å². The summed E-state index contributed by atoms with van der Waals surface area (Å²) in [7, 11) is -3.71. The van der Waals surface area contributed by atoms with Gasteiger partial charge in [-0.25, -0.2) is 13.1 Å². The maximum Gasteiger partial charge on any atom is 0.261 e. The average molecular weight is 410 g/mol. The summed E-state index contributed by atoms with van der Waals surface area (Å²) in [5.74, 6) is 1.85. The normalized spacial score (nSPS) is 14.6. The van der Waals surface area contributed by atoms with Gasteiger partial charge in [-0.2, -0.15) is 0 Å². The summed E-state index contributed by atoms with van der Waals surface area (Å²) < 4.78 is 27.8. The molecule has 2 aromatic carbocycles. The van der Waals surface area contributed by atoms with Crippen molar-refractivity contribution in [3.8, 4) is 12.3 Å². The molecule has 1 N–H and O–H groups in total. The lowest BCUT2D eigenvalue weighted by Gasteiger charge is -2.19. The van der Waals surface area contributed by atoms with Crippen molar-refractivity contribution >= 4 is 21.8 Å². The zero-order chi connectivity index (χ0) is 21.0. The first kappa shape index (κ1) is 20.8. The summed E-state index contributed by atoms with van der Waals surface area (Å²) in [5, 5.41) is 0. The van der Waals surface area contributed by atoms with Gasteiger partial charge in [-0.05, 0) is 44.0 Å². The number of imide groups is 1. The smallest absolute Gasteiger partial charge is 0.261 e. The minimum absolute atomic E-state index is 0.172. The first-order valence-electron chi connectivity index (χ1n) is 9.31. The lowest BCUT2D eigenvalue weighted by atomic mass is 10.1. The van der Waals surface area contributed by atoms with Gasteiger partial charge in [-0.3, -0.25) is 14.5 Å². The van der Waals surface area contributed by atoms with Crippen molar-refractivity contribution in [2.45, 2.75) is 37.1 Å². The van der Waals surface area contributed by atoms with Crippen LogP contribution in [-0.2, 0) is 10.0 Å². The van der Waals surface area contributed by atoms with E-state index in [9.17, 15) is 18.0 Å². The highest BCUT2D eigenvalue weighted by atomic mass is 32.2. The van der Waals surface area contributed by atoms with Crippen LogP contribution in [0.5, 0.6) is 0 Å². The van der Waals surface area contributed by atoms with Crippen molar-refractivity contribution in [2.75, 3.05) is 6.54 Å². The number of sulfonamides is 1. The number of terminal acetylenes is 1. The molecule has 0 spiro atoms. The number of carbonyl (C=O) groups excluding carboxylic acids is 2. The Morgan fingerprint density at radius 2 is 1.62 bits per heavy atom. The second kappa shape index (κ2) is 8.60. The van der Waals surface area contributed by atoms with Crippen LogP contribution >= 0.6 is 0 Å². The molecule has 0 bridgehead atoms. The summed E-state index contributed by atoms with van der Waals surface area (Å²) in [4.78, 5) is 26.2. The van der Waals surface area contributed by atoms with Crippen LogP contribution in [0.2, 0.25) is 0 Å². The zero-order valence-electron chi connectivity index (χ0n) is 16.1. The van der Waals surface area contributed by atoms with Crippen LogP contribution in [0.25, 0.3) is 0 Å². The number of nitrogens with zero attached hydrogens (tertiary/aromatic N) is 1. The third kappa shape index (κ3) is 4.56. The van der Waals surface area contributed by atoms with Gasteiger partial charge in [0.05, 0.1) is 16.0 Å². The predicted octanol–water partition coefficient (Wildman–Crippen LogP) is 2.74. The molecule has 0 unspecified atom stereocenters. The third-order valence-electron chi connectivity index (χ3n) is 4.83. The molecule has 0 fully saturated rings. The molecule has 3 rings (SSSR count).